The fraction of sp³-hybridized carbons (Fsp3) is 0.259. The van der Waals surface area contributed by atoms with Crippen molar-refractivity contribution in [2.24, 2.45) is 0 Å². The molecule has 0 saturated carbocycles. The van der Waals surface area contributed by atoms with E-state index in [-0.39, 0.29) is 24.9 Å². The van der Waals surface area contributed by atoms with Gasteiger partial charge in [-0.05, 0) is 48.4 Å². The third-order valence-corrected chi connectivity index (χ3v) is 6.32. The summed E-state index contributed by atoms with van der Waals surface area (Å²) in [5, 5.41) is 9.65. The fourth-order valence-electron chi connectivity index (χ4n) is 4.21. The first-order chi connectivity index (χ1) is 16.9. The van der Waals surface area contributed by atoms with E-state index in [0.717, 1.165) is 5.56 Å². The zero-order chi connectivity index (χ0) is 24.9. The van der Waals surface area contributed by atoms with Crippen LogP contribution in [-0.4, -0.2) is 41.8 Å². The van der Waals surface area contributed by atoms with Crippen LogP contribution in [0.4, 0.5) is 4.79 Å². The summed E-state index contributed by atoms with van der Waals surface area (Å²) >= 11 is 6.30. The Hall–Kier alpha value is -3.71. The molecule has 1 fully saturated rings. The molecule has 182 valence electrons. The van der Waals surface area contributed by atoms with Crippen molar-refractivity contribution >= 4 is 23.7 Å². The van der Waals surface area contributed by atoms with Gasteiger partial charge in [0.1, 0.15) is 12.4 Å². The third-order valence-electron chi connectivity index (χ3n) is 6.09. The lowest BCUT2D eigenvalue weighted by molar-refractivity contribution is -0.136. The normalized spacial score (nSPS) is 17.6. The van der Waals surface area contributed by atoms with Gasteiger partial charge < -0.3 is 24.2 Å². The monoisotopic (exact) mass is 495 g/mol. The third kappa shape index (κ3) is 5.69. The van der Waals surface area contributed by atoms with Crippen LogP contribution in [0.1, 0.15) is 29.5 Å². The molecule has 0 radical (unpaired) electrons. The van der Waals surface area contributed by atoms with Crippen LogP contribution in [0.2, 0.25) is 5.02 Å². The average Bonchev–Trinajstić information content (AvgIpc) is 2.83. The van der Waals surface area contributed by atoms with E-state index in [0.29, 0.717) is 40.0 Å². The molecule has 0 aromatic heterocycles. The largest absolute Gasteiger partial charge is 0.493 e. The SMILES string of the molecule is COc1ccc(CC(=O)O)cc1Oc1ccc(Cl)cc1CN1C(=O)OC[C@H](c2ccccc2)[C@@H]1C. The Bertz CT molecular complexity index is 1220. The lowest BCUT2D eigenvalue weighted by Crippen LogP contribution is -2.48. The summed E-state index contributed by atoms with van der Waals surface area (Å²) < 4.78 is 17.1. The highest BCUT2D eigenvalue weighted by Crippen LogP contribution is 2.37. The van der Waals surface area contributed by atoms with E-state index in [1.165, 1.54) is 7.11 Å². The summed E-state index contributed by atoms with van der Waals surface area (Å²) in [7, 11) is 1.51. The van der Waals surface area contributed by atoms with Crippen LogP contribution < -0.4 is 9.47 Å². The summed E-state index contributed by atoms with van der Waals surface area (Å²) in [4.78, 5) is 25.6. The second kappa shape index (κ2) is 10.7. The number of cyclic esters (lactones) is 1. The lowest BCUT2D eigenvalue weighted by Gasteiger charge is -2.39. The first kappa shape index (κ1) is 24.4. The quantitative estimate of drug-likeness (QED) is 0.419. The Kier molecular flexibility index (Phi) is 7.46. The van der Waals surface area contributed by atoms with Gasteiger partial charge in [-0.3, -0.25) is 4.79 Å². The zero-order valence-corrected chi connectivity index (χ0v) is 20.2. The van der Waals surface area contributed by atoms with Gasteiger partial charge in [-0.1, -0.05) is 48.0 Å². The van der Waals surface area contributed by atoms with Gasteiger partial charge in [-0.25, -0.2) is 4.79 Å². The zero-order valence-electron chi connectivity index (χ0n) is 19.4. The van der Waals surface area contributed by atoms with Crippen LogP contribution in [0.5, 0.6) is 17.2 Å². The number of carboxylic acid groups (broad SMARTS) is 1. The number of nitrogens with zero attached hydrogens (tertiary/aromatic N) is 1. The summed E-state index contributed by atoms with van der Waals surface area (Å²) in [5.41, 5.74) is 2.35. The molecule has 0 aliphatic carbocycles. The van der Waals surface area contributed by atoms with Crippen molar-refractivity contribution in [1.82, 2.24) is 4.90 Å². The molecule has 1 N–H and O–H groups in total. The van der Waals surface area contributed by atoms with E-state index in [9.17, 15) is 9.59 Å². The van der Waals surface area contributed by atoms with Crippen LogP contribution in [0.3, 0.4) is 0 Å². The van der Waals surface area contributed by atoms with Gasteiger partial charge in [-0.2, -0.15) is 0 Å². The molecule has 3 aromatic carbocycles. The number of carboxylic acids is 1. The molecular formula is C27H26ClNO6. The molecule has 1 aliphatic rings. The molecule has 1 aliphatic heterocycles. The van der Waals surface area contributed by atoms with Crippen molar-refractivity contribution in [3.63, 3.8) is 0 Å². The number of benzene rings is 3. The maximum Gasteiger partial charge on any atom is 0.410 e. The van der Waals surface area contributed by atoms with Crippen LogP contribution in [0, 0.1) is 0 Å². The van der Waals surface area contributed by atoms with Crippen molar-refractivity contribution in [2.75, 3.05) is 13.7 Å². The van der Waals surface area contributed by atoms with Crippen LogP contribution >= 0.6 is 11.6 Å². The first-order valence-corrected chi connectivity index (χ1v) is 11.6. The van der Waals surface area contributed by atoms with Crippen molar-refractivity contribution in [2.45, 2.75) is 31.8 Å². The second-order valence-corrected chi connectivity index (χ2v) is 8.81. The number of methoxy groups -OCH3 is 1. The molecule has 1 heterocycles. The molecule has 0 unspecified atom stereocenters. The van der Waals surface area contributed by atoms with E-state index >= 15 is 0 Å². The number of hydrogen-bond acceptors (Lipinski definition) is 5. The highest BCUT2D eigenvalue weighted by atomic mass is 35.5. The molecule has 8 heteroatoms. The maximum absolute atomic E-state index is 12.7. The predicted molar refractivity (Wildman–Crippen MR) is 131 cm³/mol. The standard InChI is InChI=1S/C27H26ClNO6/c1-17-22(19-6-4-3-5-7-19)16-34-27(32)29(17)15-20-14-21(28)9-11-23(20)35-25-12-18(13-26(30)31)8-10-24(25)33-2/h3-12,14,17,22H,13,15-16H2,1-2H3,(H,30,31)/t17-,22-/m0/s1. The molecule has 4 rings (SSSR count). The average molecular weight is 496 g/mol. The Morgan fingerprint density at radius 1 is 1.09 bits per heavy atom. The fourth-order valence-corrected chi connectivity index (χ4v) is 4.40. The van der Waals surface area contributed by atoms with E-state index < -0.39 is 12.1 Å². The van der Waals surface area contributed by atoms with Gasteiger partial charge in [-0.15, -0.1) is 0 Å². The highest BCUT2D eigenvalue weighted by Gasteiger charge is 2.35. The van der Waals surface area contributed by atoms with Crippen LogP contribution in [0.25, 0.3) is 0 Å². The molecule has 3 aromatic rings. The van der Waals surface area contributed by atoms with Gasteiger partial charge >= 0.3 is 12.1 Å². The number of ether oxygens (including phenoxy) is 3. The number of hydrogen-bond donors (Lipinski definition) is 1. The molecule has 1 saturated heterocycles. The van der Waals surface area contributed by atoms with Crippen molar-refractivity contribution in [1.29, 1.82) is 0 Å². The number of halogens is 1. The number of carbonyl (C=O) groups excluding carboxylic acids is 1. The number of aliphatic carboxylic acids is 1. The highest BCUT2D eigenvalue weighted by molar-refractivity contribution is 6.30. The Morgan fingerprint density at radius 3 is 2.54 bits per heavy atom. The molecule has 2 atom stereocenters. The molecule has 0 bridgehead atoms. The van der Waals surface area contributed by atoms with E-state index in [4.69, 9.17) is 30.9 Å². The van der Waals surface area contributed by atoms with Crippen molar-refractivity contribution in [3.05, 3.63) is 88.4 Å². The van der Waals surface area contributed by atoms with Crippen molar-refractivity contribution < 1.29 is 28.9 Å². The van der Waals surface area contributed by atoms with Gasteiger partial charge in [0, 0.05) is 22.5 Å². The summed E-state index contributed by atoms with van der Waals surface area (Å²) in [6.45, 7) is 2.53. The van der Waals surface area contributed by atoms with Gasteiger partial charge in [0.05, 0.1) is 20.1 Å². The summed E-state index contributed by atoms with van der Waals surface area (Å²) in [6, 6.07) is 20.0. The van der Waals surface area contributed by atoms with E-state index in [2.05, 4.69) is 0 Å². The summed E-state index contributed by atoms with van der Waals surface area (Å²) in [5.74, 6) is 0.368. The van der Waals surface area contributed by atoms with E-state index in [1.54, 1.807) is 41.3 Å². The predicted octanol–water partition coefficient (Wildman–Crippen LogP) is 5.89. The van der Waals surface area contributed by atoms with E-state index in [1.807, 2.05) is 37.3 Å². The minimum absolute atomic E-state index is 0.0187. The van der Waals surface area contributed by atoms with Gasteiger partial charge in [0.15, 0.2) is 11.5 Å². The number of carbonyl (C=O) groups is 2. The molecule has 0 spiro atoms. The molecule has 7 nitrogen and oxygen atoms in total. The summed E-state index contributed by atoms with van der Waals surface area (Å²) in [6.07, 6.45) is -0.553. The lowest BCUT2D eigenvalue weighted by atomic mass is 9.91. The maximum atomic E-state index is 12.7. The minimum Gasteiger partial charge on any atom is -0.493 e. The Balaban J connectivity index is 1.63. The van der Waals surface area contributed by atoms with Gasteiger partial charge in [0.2, 0.25) is 0 Å². The smallest absolute Gasteiger partial charge is 0.410 e. The molecular weight excluding hydrogens is 470 g/mol. The molecule has 35 heavy (non-hydrogen) atoms. The molecule has 1 amide bonds. The second-order valence-electron chi connectivity index (χ2n) is 8.37. The first-order valence-electron chi connectivity index (χ1n) is 11.2. The Labute approximate surface area is 208 Å². The van der Waals surface area contributed by atoms with Crippen LogP contribution in [-0.2, 0) is 22.5 Å². The number of rotatable bonds is 8. The topological polar surface area (TPSA) is 85.3 Å². The Morgan fingerprint density at radius 2 is 1.83 bits per heavy atom. The number of amides is 1. The minimum atomic E-state index is -0.945. The van der Waals surface area contributed by atoms with Crippen molar-refractivity contribution in [3.8, 4) is 17.2 Å². The van der Waals surface area contributed by atoms with Gasteiger partial charge in [0.25, 0.3) is 0 Å². The van der Waals surface area contributed by atoms with Crippen LogP contribution in [0.15, 0.2) is 66.7 Å².